The van der Waals surface area contributed by atoms with Gasteiger partial charge in [0.2, 0.25) is 0 Å². The van der Waals surface area contributed by atoms with Gasteiger partial charge in [-0.3, -0.25) is 0 Å². The highest BCUT2D eigenvalue weighted by atomic mass is 35.5. The molecule has 0 aromatic carbocycles. The summed E-state index contributed by atoms with van der Waals surface area (Å²) in [6.07, 6.45) is 2.85. The van der Waals surface area contributed by atoms with Crippen molar-refractivity contribution in [3.63, 3.8) is 0 Å². The minimum absolute atomic E-state index is 0.0384. The van der Waals surface area contributed by atoms with Crippen LogP contribution in [0.3, 0.4) is 0 Å². The highest BCUT2D eigenvalue weighted by Crippen LogP contribution is 2.23. The van der Waals surface area contributed by atoms with Gasteiger partial charge in [-0.05, 0) is 13.3 Å². The van der Waals surface area contributed by atoms with Gasteiger partial charge in [0, 0.05) is 24.5 Å². The summed E-state index contributed by atoms with van der Waals surface area (Å²) in [6.45, 7) is 9.37. The van der Waals surface area contributed by atoms with Crippen LogP contribution in [-0.4, -0.2) is 19.1 Å². The second kappa shape index (κ2) is 5.62. The van der Waals surface area contributed by atoms with E-state index >= 15 is 0 Å². The van der Waals surface area contributed by atoms with Gasteiger partial charge in [-0.1, -0.05) is 13.0 Å². The van der Waals surface area contributed by atoms with E-state index in [1.54, 1.807) is 0 Å². The molecule has 0 amide bonds. The molecule has 11 heavy (non-hydrogen) atoms. The molecule has 0 bridgehead atoms. The average Bonchev–Trinajstić information content (AvgIpc) is 2.05. The summed E-state index contributed by atoms with van der Waals surface area (Å²) >= 11 is 5.76. The van der Waals surface area contributed by atoms with Crippen LogP contribution in [0.25, 0.3) is 0 Å². The minimum Gasteiger partial charge on any atom is -0.382 e. The molecule has 0 aromatic heterocycles. The fraction of sp³-hybridized carbons (Fsp3) is 0.778. The van der Waals surface area contributed by atoms with Gasteiger partial charge >= 0.3 is 0 Å². The Labute approximate surface area is 74.4 Å². The number of allylic oxidation sites excluding steroid dienone is 1. The first kappa shape index (κ1) is 11.0. The largest absolute Gasteiger partial charge is 0.382 e. The van der Waals surface area contributed by atoms with E-state index in [9.17, 15) is 0 Å². The zero-order valence-corrected chi connectivity index (χ0v) is 8.16. The third kappa shape index (κ3) is 4.44. The molecule has 0 saturated heterocycles. The quantitative estimate of drug-likeness (QED) is 0.344. The molecule has 0 aliphatic carbocycles. The van der Waals surface area contributed by atoms with E-state index < -0.39 is 0 Å². The van der Waals surface area contributed by atoms with Crippen molar-refractivity contribution in [3.05, 3.63) is 12.7 Å². The van der Waals surface area contributed by atoms with Crippen molar-refractivity contribution in [1.82, 2.24) is 0 Å². The van der Waals surface area contributed by atoms with Gasteiger partial charge in [-0.25, -0.2) is 0 Å². The highest BCUT2D eigenvalue weighted by molar-refractivity contribution is 6.18. The fourth-order valence-corrected chi connectivity index (χ4v) is 0.916. The summed E-state index contributed by atoms with van der Waals surface area (Å²) in [5, 5.41) is 0. The van der Waals surface area contributed by atoms with E-state index in [0.29, 0.717) is 5.88 Å². The first-order valence-corrected chi connectivity index (χ1v) is 4.49. The first-order chi connectivity index (χ1) is 5.18. The molecule has 2 heteroatoms. The molecule has 1 nitrogen and oxygen atoms in total. The van der Waals surface area contributed by atoms with Crippen LogP contribution in [0.2, 0.25) is 0 Å². The lowest BCUT2D eigenvalue weighted by molar-refractivity contribution is 0.126. The summed E-state index contributed by atoms with van der Waals surface area (Å²) in [7, 11) is 0. The molecule has 0 rings (SSSR count). The topological polar surface area (TPSA) is 9.23 Å². The van der Waals surface area contributed by atoms with Gasteiger partial charge in [-0.15, -0.1) is 18.2 Å². The van der Waals surface area contributed by atoms with Crippen LogP contribution in [0.15, 0.2) is 12.7 Å². The summed E-state index contributed by atoms with van der Waals surface area (Å²) in [5.41, 5.74) is 0.0384. The van der Waals surface area contributed by atoms with Crippen molar-refractivity contribution in [2.45, 2.75) is 20.3 Å². The van der Waals surface area contributed by atoms with E-state index in [-0.39, 0.29) is 5.41 Å². The van der Waals surface area contributed by atoms with Gasteiger partial charge in [0.15, 0.2) is 0 Å². The van der Waals surface area contributed by atoms with Crippen LogP contribution < -0.4 is 0 Å². The van der Waals surface area contributed by atoms with Crippen LogP contribution in [0.5, 0.6) is 0 Å². The number of rotatable bonds is 6. The third-order valence-electron chi connectivity index (χ3n) is 1.82. The van der Waals surface area contributed by atoms with Gasteiger partial charge in [0.05, 0.1) is 0 Å². The fourth-order valence-electron chi connectivity index (χ4n) is 0.673. The van der Waals surface area contributed by atoms with Crippen molar-refractivity contribution in [2.75, 3.05) is 19.1 Å². The maximum absolute atomic E-state index is 5.76. The second-order valence-corrected chi connectivity index (χ2v) is 3.21. The Balaban J connectivity index is 3.60. The van der Waals surface area contributed by atoms with Crippen molar-refractivity contribution in [2.24, 2.45) is 5.41 Å². The lowest BCUT2D eigenvalue weighted by Crippen LogP contribution is -2.17. The maximum Gasteiger partial charge on any atom is 0.0474 e. The zero-order valence-electron chi connectivity index (χ0n) is 7.40. The van der Waals surface area contributed by atoms with E-state index in [1.807, 2.05) is 13.0 Å². The van der Waals surface area contributed by atoms with Gasteiger partial charge in [0.25, 0.3) is 0 Å². The molecule has 66 valence electrons. The molecule has 0 aliphatic heterocycles. The molecule has 0 N–H and O–H groups in total. The molecule has 0 heterocycles. The molecule has 0 fully saturated rings. The Morgan fingerprint density at radius 3 is 2.64 bits per heavy atom. The molecule has 1 unspecified atom stereocenters. The first-order valence-electron chi connectivity index (χ1n) is 3.96. The Morgan fingerprint density at radius 1 is 1.64 bits per heavy atom. The molecule has 0 saturated carbocycles. The summed E-state index contributed by atoms with van der Waals surface area (Å²) in [5.74, 6) is 0.615. The number of halogens is 1. The molecular weight excluding hydrogens is 160 g/mol. The van der Waals surface area contributed by atoms with Gasteiger partial charge < -0.3 is 4.74 Å². The Morgan fingerprint density at radius 2 is 2.27 bits per heavy atom. The van der Waals surface area contributed by atoms with Crippen molar-refractivity contribution >= 4 is 11.6 Å². The normalized spacial score (nSPS) is 15.9. The van der Waals surface area contributed by atoms with Crippen LogP contribution >= 0.6 is 11.6 Å². The lowest BCUT2D eigenvalue weighted by Gasteiger charge is -2.21. The van der Waals surface area contributed by atoms with E-state index in [1.165, 1.54) is 0 Å². The van der Waals surface area contributed by atoms with E-state index in [0.717, 1.165) is 19.6 Å². The summed E-state index contributed by atoms with van der Waals surface area (Å²) in [6, 6.07) is 0. The molecule has 0 spiro atoms. The van der Waals surface area contributed by atoms with Crippen LogP contribution in [-0.2, 0) is 4.74 Å². The van der Waals surface area contributed by atoms with Gasteiger partial charge in [0.1, 0.15) is 0 Å². The van der Waals surface area contributed by atoms with Crippen molar-refractivity contribution in [3.8, 4) is 0 Å². The number of alkyl halides is 1. The lowest BCUT2D eigenvalue weighted by atomic mass is 9.90. The Hall–Kier alpha value is -0.0100. The van der Waals surface area contributed by atoms with Crippen LogP contribution in [0, 0.1) is 5.41 Å². The van der Waals surface area contributed by atoms with E-state index in [2.05, 4.69) is 13.5 Å². The minimum atomic E-state index is 0.0384. The predicted octanol–water partition coefficient (Wildman–Crippen LogP) is 2.84. The molecule has 0 aromatic rings. The number of hydrogen-bond acceptors (Lipinski definition) is 1. The Kier molecular flexibility index (Phi) is 5.61. The van der Waals surface area contributed by atoms with Crippen molar-refractivity contribution < 1.29 is 4.74 Å². The van der Waals surface area contributed by atoms with Crippen molar-refractivity contribution in [1.29, 1.82) is 0 Å². The molecule has 1 atom stereocenters. The van der Waals surface area contributed by atoms with Crippen LogP contribution in [0.4, 0.5) is 0 Å². The number of hydrogen-bond donors (Lipinski definition) is 0. The zero-order chi connectivity index (χ0) is 8.74. The Bertz CT molecular complexity index is 114. The average molecular weight is 177 g/mol. The molecular formula is C9H17ClO. The highest BCUT2D eigenvalue weighted by Gasteiger charge is 2.17. The van der Waals surface area contributed by atoms with Gasteiger partial charge in [-0.2, -0.15) is 0 Å². The third-order valence-corrected chi connectivity index (χ3v) is 2.43. The monoisotopic (exact) mass is 176 g/mol. The molecule has 0 aliphatic rings. The number of ether oxygens (including phenoxy) is 1. The standard InChI is InChI=1S/C9H17ClO/c1-4-9(3,8-10)6-7-11-5-2/h4H,1,5-8H2,2-3H3. The van der Waals surface area contributed by atoms with E-state index in [4.69, 9.17) is 16.3 Å². The smallest absolute Gasteiger partial charge is 0.0474 e. The summed E-state index contributed by atoms with van der Waals surface area (Å²) < 4.78 is 5.23. The SMILES string of the molecule is C=CC(C)(CCl)CCOCC. The second-order valence-electron chi connectivity index (χ2n) is 2.94. The molecule has 0 radical (unpaired) electrons. The van der Waals surface area contributed by atoms with Crippen LogP contribution in [0.1, 0.15) is 20.3 Å². The maximum atomic E-state index is 5.76. The summed E-state index contributed by atoms with van der Waals surface area (Å²) in [4.78, 5) is 0. The predicted molar refractivity (Wildman–Crippen MR) is 50.1 cm³/mol.